The molecule has 0 amide bonds. The van der Waals surface area contributed by atoms with E-state index in [2.05, 4.69) is 180 Å². The molecule has 6 heterocycles. The second kappa shape index (κ2) is 22.4. The largest absolute Gasteiger partial charge is 0.467 e. The van der Waals surface area contributed by atoms with E-state index in [1.165, 1.54) is 22.3 Å². The Labute approximate surface area is 494 Å². The van der Waals surface area contributed by atoms with Gasteiger partial charge < -0.3 is 13.3 Å². The third kappa shape index (κ3) is 10.0. The minimum atomic E-state index is 0.232. The standard InChI is InChI=1S/C27H21N2O.C26H19N2O.C23H21N2O/c1-17-8-10-19(11-9-17)20-12-13-21-23-15-18(2)22(24-7-5-6-14-29(24)4)16-25(23)30-27(21)26(20)28-3;1-17-13-21-22-14-20(18-9-5-4-6-10-18)23(27-2)16-26(22)29-25(21)15-19(17)24-11-7-8-12-28(24)3;1-14(2)22-19(24-4)10-9-16-18-12-15(3)17(13-21(18)26-23(16)22)20-8-6-7-11-25(20)5/h5-16H,1-2,4H3;4-16H,1,3H3;6-14H,1-3,5H3/q3*+1. The molecule has 0 aliphatic carbocycles. The highest BCUT2D eigenvalue weighted by Gasteiger charge is 2.23. The number of pyridine rings is 3. The predicted molar refractivity (Wildman–Crippen MR) is 344 cm³/mol. The lowest BCUT2D eigenvalue weighted by Gasteiger charge is -2.08. The summed E-state index contributed by atoms with van der Waals surface area (Å²) in [5.74, 6) is 0.232. The molecule has 0 fully saturated rings. The first kappa shape index (κ1) is 54.7. The Hall–Kier alpha value is -10.9. The molecule has 8 aromatic carbocycles. The number of hydrogen-bond donors (Lipinski definition) is 0. The summed E-state index contributed by atoms with van der Waals surface area (Å²) in [6.07, 6.45) is 6.14. The van der Waals surface area contributed by atoms with E-state index in [-0.39, 0.29) is 5.92 Å². The number of aromatic nitrogens is 3. The van der Waals surface area contributed by atoms with Gasteiger partial charge in [-0.05, 0) is 133 Å². The van der Waals surface area contributed by atoms with E-state index in [0.717, 1.165) is 122 Å². The minimum Gasteiger partial charge on any atom is -0.467 e. The zero-order chi connectivity index (χ0) is 59.2. The summed E-state index contributed by atoms with van der Waals surface area (Å²) in [6.45, 7) is 35.6. The van der Waals surface area contributed by atoms with Crippen molar-refractivity contribution in [2.24, 2.45) is 21.1 Å². The van der Waals surface area contributed by atoms with Gasteiger partial charge in [-0.1, -0.05) is 104 Å². The van der Waals surface area contributed by atoms with Crippen LogP contribution in [0.2, 0.25) is 0 Å². The first-order valence-electron chi connectivity index (χ1n) is 28.3. The molecule has 0 saturated heterocycles. The number of rotatable bonds is 6. The lowest BCUT2D eigenvalue weighted by molar-refractivity contribution is -0.660. The summed E-state index contributed by atoms with van der Waals surface area (Å²) in [4.78, 5) is 11.3. The fourth-order valence-electron chi connectivity index (χ4n) is 11.9. The van der Waals surface area contributed by atoms with Crippen LogP contribution in [0.5, 0.6) is 0 Å². The summed E-state index contributed by atoms with van der Waals surface area (Å²) in [5.41, 5.74) is 23.2. The molecule has 85 heavy (non-hydrogen) atoms. The molecule has 6 aromatic heterocycles. The maximum atomic E-state index is 7.84. The lowest BCUT2D eigenvalue weighted by Crippen LogP contribution is -2.30. The number of nitrogens with zero attached hydrogens (tertiary/aromatic N) is 6. The van der Waals surface area contributed by atoms with Crippen molar-refractivity contribution >= 4 is 82.9 Å². The molecule has 410 valence electrons. The lowest BCUT2D eigenvalue weighted by atomic mass is 9.97. The molecule has 0 bridgehead atoms. The Morgan fingerprint density at radius 2 is 0.800 bits per heavy atom. The number of hydrogen-bond acceptors (Lipinski definition) is 3. The fourth-order valence-corrected chi connectivity index (χ4v) is 11.9. The van der Waals surface area contributed by atoms with Crippen molar-refractivity contribution in [1.29, 1.82) is 0 Å². The molecule has 0 aliphatic heterocycles. The van der Waals surface area contributed by atoms with Gasteiger partial charge in [-0.25, -0.2) is 28.2 Å². The van der Waals surface area contributed by atoms with Gasteiger partial charge in [0.05, 0.1) is 36.4 Å². The number of benzene rings is 8. The molecule has 0 radical (unpaired) electrons. The third-order valence-electron chi connectivity index (χ3n) is 16.3. The van der Waals surface area contributed by atoms with Crippen molar-refractivity contribution in [3.8, 4) is 56.0 Å². The van der Waals surface area contributed by atoms with Crippen LogP contribution in [-0.2, 0) is 21.1 Å². The highest BCUT2D eigenvalue weighted by molar-refractivity contribution is 6.13. The monoisotopic (exact) mass is 1110 g/mol. The van der Waals surface area contributed by atoms with Crippen LogP contribution in [0.25, 0.3) is 136 Å². The fraction of sp³-hybridized carbons (Fsp3) is 0.132. The van der Waals surface area contributed by atoms with Crippen molar-refractivity contribution < 1.29 is 27.0 Å². The van der Waals surface area contributed by atoms with Crippen LogP contribution < -0.4 is 13.7 Å². The molecule has 9 heteroatoms. The van der Waals surface area contributed by atoms with Crippen molar-refractivity contribution in [2.45, 2.75) is 47.5 Å². The van der Waals surface area contributed by atoms with Gasteiger partial charge in [-0.3, -0.25) is 0 Å². The van der Waals surface area contributed by atoms with Gasteiger partial charge in [0.2, 0.25) is 22.8 Å². The van der Waals surface area contributed by atoms with Crippen molar-refractivity contribution in [2.75, 3.05) is 0 Å². The molecule has 9 nitrogen and oxygen atoms in total. The van der Waals surface area contributed by atoms with Gasteiger partial charge in [0, 0.05) is 74.3 Å². The summed E-state index contributed by atoms with van der Waals surface area (Å²) in [5, 5.41) is 6.34. The van der Waals surface area contributed by atoms with Crippen LogP contribution in [0.15, 0.2) is 214 Å². The maximum absolute atomic E-state index is 7.84. The van der Waals surface area contributed by atoms with Gasteiger partial charge in [0.15, 0.2) is 30.0 Å². The Morgan fingerprint density at radius 3 is 1.29 bits per heavy atom. The van der Waals surface area contributed by atoms with E-state index in [1.54, 1.807) is 0 Å². The molecule has 0 saturated carbocycles. The number of aryl methyl sites for hydroxylation is 7. The Bertz CT molecular complexity index is 5100. The second-order valence-corrected chi connectivity index (χ2v) is 22.2. The highest BCUT2D eigenvalue weighted by atomic mass is 16.3. The normalized spacial score (nSPS) is 11.2. The van der Waals surface area contributed by atoms with Gasteiger partial charge in [0.1, 0.15) is 54.6 Å². The van der Waals surface area contributed by atoms with Crippen LogP contribution in [0.3, 0.4) is 0 Å². The predicted octanol–water partition coefficient (Wildman–Crippen LogP) is 19.6. The smallest absolute Gasteiger partial charge is 0.237 e. The highest BCUT2D eigenvalue weighted by Crippen LogP contribution is 2.45. The maximum Gasteiger partial charge on any atom is 0.237 e. The van der Waals surface area contributed by atoms with E-state index in [0.29, 0.717) is 22.6 Å². The molecule has 0 atom stereocenters. The van der Waals surface area contributed by atoms with E-state index in [9.17, 15) is 0 Å². The van der Waals surface area contributed by atoms with Gasteiger partial charge >= 0.3 is 0 Å². The van der Waals surface area contributed by atoms with E-state index >= 15 is 0 Å². The molecule has 14 rings (SSSR count). The van der Waals surface area contributed by atoms with Crippen molar-refractivity contribution in [3.63, 3.8) is 0 Å². The average Bonchev–Trinajstić information content (AvgIpc) is 1.91. The van der Waals surface area contributed by atoms with Crippen LogP contribution in [-0.4, -0.2) is 0 Å². The minimum absolute atomic E-state index is 0.232. The first-order valence-corrected chi connectivity index (χ1v) is 28.3. The molecule has 0 aliphatic rings. The molecular weight excluding hydrogens is 1040 g/mol. The van der Waals surface area contributed by atoms with E-state index < -0.39 is 0 Å². The van der Waals surface area contributed by atoms with Crippen molar-refractivity contribution in [3.05, 3.63) is 263 Å². The summed E-state index contributed by atoms with van der Waals surface area (Å²) < 4.78 is 25.1. The molecule has 0 unspecified atom stereocenters. The summed E-state index contributed by atoms with van der Waals surface area (Å²) in [6, 6.07) is 61.8. The van der Waals surface area contributed by atoms with Crippen LogP contribution >= 0.6 is 0 Å². The zero-order valence-electron chi connectivity index (χ0n) is 49.0. The topological polar surface area (TPSA) is 64.1 Å². The Balaban J connectivity index is 0.000000125. The average molecular weight is 1110 g/mol. The zero-order valence-corrected chi connectivity index (χ0v) is 49.0. The quantitative estimate of drug-likeness (QED) is 0.123. The van der Waals surface area contributed by atoms with Crippen molar-refractivity contribution in [1.82, 2.24) is 0 Å². The van der Waals surface area contributed by atoms with E-state index in [1.807, 2.05) is 111 Å². The Morgan fingerprint density at radius 1 is 0.365 bits per heavy atom. The van der Waals surface area contributed by atoms with Crippen LogP contribution in [0.1, 0.15) is 47.6 Å². The summed E-state index contributed by atoms with van der Waals surface area (Å²) >= 11 is 0. The number of fused-ring (bicyclic) bond motifs is 9. The first-order chi connectivity index (χ1) is 41.2. The molecule has 0 N–H and O–H groups in total. The van der Waals surface area contributed by atoms with E-state index in [4.69, 9.17) is 33.0 Å². The molecule has 14 aromatic rings. The van der Waals surface area contributed by atoms with Gasteiger partial charge in [-0.15, -0.1) is 0 Å². The molecule has 0 spiro atoms. The summed E-state index contributed by atoms with van der Waals surface area (Å²) in [7, 11) is 6.14. The Kier molecular flexibility index (Phi) is 14.4. The van der Waals surface area contributed by atoms with Crippen LogP contribution in [0.4, 0.5) is 17.1 Å². The SMILES string of the molecule is [C-]#[N+]c1c(-c2ccc(C)cc2)ccc2c1oc1cc(-c3cccc[n+]3C)c(C)cc12.[C-]#[N+]c1cc2oc3cc(-c4cccc[n+]4C)c(C)cc3c2cc1-c1ccccc1.[C-]#[N+]c1ccc2c(oc3cc(-c4cccc[n+]4C)c(C)cc32)c1C(C)C. The second-order valence-electron chi connectivity index (χ2n) is 22.2. The number of furan rings is 3. The van der Waals surface area contributed by atoms with Crippen LogP contribution in [0, 0.1) is 47.4 Å². The third-order valence-corrected chi connectivity index (χ3v) is 16.3. The molecular formula is C76H61N6O3+3. The van der Waals surface area contributed by atoms with Gasteiger partial charge in [0.25, 0.3) is 0 Å². The van der Waals surface area contributed by atoms with Gasteiger partial charge in [-0.2, -0.15) is 0 Å².